The van der Waals surface area contributed by atoms with E-state index in [1.165, 1.54) is 13.0 Å². The fourth-order valence-corrected chi connectivity index (χ4v) is 3.91. The molecule has 1 fully saturated rings. The zero-order valence-corrected chi connectivity index (χ0v) is 19.0. The summed E-state index contributed by atoms with van der Waals surface area (Å²) in [6, 6.07) is 0. The van der Waals surface area contributed by atoms with Gasteiger partial charge < -0.3 is 34.3 Å². The molecule has 2 heterocycles. The van der Waals surface area contributed by atoms with Gasteiger partial charge in [-0.2, -0.15) is 0 Å². The molecule has 9 nitrogen and oxygen atoms in total. The van der Waals surface area contributed by atoms with E-state index in [0.717, 1.165) is 12.8 Å². The van der Waals surface area contributed by atoms with Gasteiger partial charge in [0.1, 0.15) is 37.1 Å². The lowest BCUT2D eigenvalue weighted by atomic mass is 9.91. The SMILES string of the molecule is C=CC[C@]1(C)C=CC(=O)[C@@H]([C@@H](O)[C@@H]2O[C@H](C[C@@H](O)COC(C)=O)[C@H](OCCCC)[C@H]2O)O1. The highest BCUT2D eigenvalue weighted by Crippen LogP contribution is 2.34. The molecule has 0 aromatic heterocycles. The monoisotopic (exact) mass is 456 g/mol. The van der Waals surface area contributed by atoms with Crippen molar-refractivity contribution >= 4 is 11.8 Å². The van der Waals surface area contributed by atoms with Gasteiger partial charge in [-0.15, -0.1) is 6.58 Å². The minimum Gasteiger partial charge on any atom is -0.463 e. The lowest BCUT2D eigenvalue weighted by molar-refractivity contribution is -0.172. The van der Waals surface area contributed by atoms with Crippen LogP contribution in [0.2, 0.25) is 0 Å². The normalized spacial score (nSPS) is 34.3. The van der Waals surface area contributed by atoms with Gasteiger partial charge in [-0.1, -0.05) is 19.4 Å². The van der Waals surface area contributed by atoms with E-state index in [1.807, 2.05) is 6.92 Å². The molecule has 0 bridgehead atoms. The molecule has 32 heavy (non-hydrogen) atoms. The minimum absolute atomic E-state index is 0.0118. The summed E-state index contributed by atoms with van der Waals surface area (Å²) in [7, 11) is 0. The van der Waals surface area contributed by atoms with Crippen molar-refractivity contribution in [2.24, 2.45) is 0 Å². The Morgan fingerprint density at radius 3 is 2.75 bits per heavy atom. The summed E-state index contributed by atoms with van der Waals surface area (Å²) in [5.74, 6) is -0.958. The van der Waals surface area contributed by atoms with Gasteiger partial charge in [0.15, 0.2) is 5.78 Å². The van der Waals surface area contributed by atoms with Crippen molar-refractivity contribution in [1.82, 2.24) is 0 Å². The highest BCUT2D eigenvalue weighted by molar-refractivity contribution is 5.95. The quantitative estimate of drug-likeness (QED) is 0.222. The number of unbranched alkanes of at least 4 members (excludes halogenated alkanes) is 1. The first-order valence-corrected chi connectivity index (χ1v) is 11.1. The smallest absolute Gasteiger partial charge is 0.302 e. The van der Waals surface area contributed by atoms with Gasteiger partial charge >= 0.3 is 5.97 Å². The zero-order chi connectivity index (χ0) is 23.9. The topological polar surface area (TPSA) is 132 Å². The molecule has 0 aromatic rings. The van der Waals surface area contributed by atoms with Crippen molar-refractivity contribution in [2.45, 2.75) is 94.8 Å². The Kier molecular flexibility index (Phi) is 10.00. The van der Waals surface area contributed by atoms with E-state index in [2.05, 4.69) is 6.58 Å². The summed E-state index contributed by atoms with van der Waals surface area (Å²) in [5, 5.41) is 32.1. The van der Waals surface area contributed by atoms with Crippen LogP contribution in [0.15, 0.2) is 24.8 Å². The van der Waals surface area contributed by atoms with Gasteiger partial charge in [0.2, 0.25) is 0 Å². The molecule has 8 atom stereocenters. The fraction of sp³-hybridized carbons (Fsp3) is 0.739. The molecule has 9 heteroatoms. The van der Waals surface area contributed by atoms with Crippen molar-refractivity contribution in [2.75, 3.05) is 13.2 Å². The van der Waals surface area contributed by atoms with E-state index >= 15 is 0 Å². The van der Waals surface area contributed by atoms with Crippen LogP contribution in [0.1, 0.15) is 46.5 Å². The Morgan fingerprint density at radius 2 is 2.12 bits per heavy atom. The van der Waals surface area contributed by atoms with Gasteiger partial charge in [0, 0.05) is 20.0 Å². The molecule has 0 spiro atoms. The van der Waals surface area contributed by atoms with E-state index in [4.69, 9.17) is 18.9 Å². The first kappa shape index (κ1) is 26.6. The van der Waals surface area contributed by atoms with Crippen LogP contribution >= 0.6 is 0 Å². The van der Waals surface area contributed by atoms with Crippen molar-refractivity contribution < 1.29 is 43.9 Å². The molecular weight excluding hydrogens is 420 g/mol. The summed E-state index contributed by atoms with van der Waals surface area (Å²) in [5.41, 5.74) is -0.818. The summed E-state index contributed by atoms with van der Waals surface area (Å²) in [4.78, 5) is 23.4. The van der Waals surface area contributed by atoms with E-state index < -0.39 is 60.1 Å². The van der Waals surface area contributed by atoms with Crippen LogP contribution in [0, 0.1) is 0 Å². The maximum Gasteiger partial charge on any atom is 0.302 e. The predicted octanol–water partition coefficient (Wildman–Crippen LogP) is 0.834. The molecule has 0 aliphatic carbocycles. The van der Waals surface area contributed by atoms with Crippen molar-refractivity contribution in [3.63, 3.8) is 0 Å². The second-order valence-corrected chi connectivity index (χ2v) is 8.58. The number of aliphatic hydroxyl groups excluding tert-OH is 3. The number of hydrogen-bond donors (Lipinski definition) is 3. The lowest BCUT2D eigenvalue weighted by Gasteiger charge is -2.37. The molecule has 2 aliphatic rings. The molecular formula is C23H36O9. The summed E-state index contributed by atoms with van der Waals surface area (Å²) >= 11 is 0. The first-order valence-electron chi connectivity index (χ1n) is 11.1. The first-order chi connectivity index (χ1) is 15.1. The number of carbonyl (C=O) groups excluding carboxylic acids is 2. The Bertz CT molecular complexity index is 678. The van der Waals surface area contributed by atoms with Gasteiger partial charge in [-0.05, 0) is 31.9 Å². The number of ketones is 1. The number of aliphatic hydroxyl groups is 3. The number of rotatable bonds is 12. The van der Waals surface area contributed by atoms with Crippen molar-refractivity contribution in [3.8, 4) is 0 Å². The molecule has 0 saturated carbocycles. The zero-order valence-electron chi connectivity index (χ0n) is 19.0. The third kappa shape index (κ3) is 6.94. The van der Waals surface area contributed by atoms with Crippen LogP contribution in [0.3, 0.4) is 0 Å². The second kappa shape index (κ2) is 12.0. The average molecular weight is 457 g/mol. The molecule has 3 N–H and O–H groups in total. The summed E-state index contributed by atoms with van der Waals surface area (Å²) in [6.07, 6.45) is -1.04. The second-order valence-electron chi connectivity index (χ2n) is 8.58. The Hall–Kier alpha value is -1.62. The predicted molar refractivity (Wildman–Crippen MR) is 115 cm³/mol. The van der Waals surface area contributed by atoms with E-state index in [0.29, 0.717) is 13.0 Å². The Morgan fingerprint density at radius 1 is 1.41 bits per heavy atom. The number of carbonyl (C=O) groups is 2. The van der Waals surface area contributed by atoms with Crippen LogP contribution in [0.4, 0.5) is 0 Å². The number of esters is 1. The molecule has 182 valence electrons. The van der Waals surface area contributed by atoms with E-state index in [9.17, 15) is 24.9 Å². The van der Waals surface area contributed by atoms with Crippen LogP contribution < -0.4 is 0 Å². The van der Waals surface area contributed by atoms with Crippen LogP contribution in [0.25, 0.3) is 0 Å². The van der Waals surface area contributed by atoms with Gasteiger partial charge in [0.05, 0.1) is 17.8 Å². The Balaban J connectivity index is 2.14. The van der Waals surface area contributed by atoms with Gasteiger partial charge in [0.25, 0.3) is 0 Å². The van der Waals surface area contributed by atoms with Gasteiger partial charge in [-0.25, -0.2) is 0 Å². The standard InChI is InChI=1S/C23H36O9/c1-5-7-11-29-21-17(12-15(25)13-30-14(3)24)31-22(19(21)28)18(27)20-16(26)8-10-23(4,32-20)9-6-2/h6,8,10,15,17-22,25,27-28H,2,5,7,9,11-13H2,1,3-4H3/t15-,17-,18-,19-,20+,21+,22+,23-/m1/s1. The number of ether oxygens (including phenoxy) is 4. The molecule has 0 aromatic carbocycles. The molecule has 0 radical (unpaired) electrons. The van der Waals surface area contributed by atoms with Crippen LogP contribution in [0.5, 0.6) is 0 Å². The van der Waals surface area contributed by atoms with Crippen LogP contribution in [-0.4, -0.2) is 88.6 Å². The lowest BCUT2D eigenvalue weighted by Crippen LogP contribution is -2.53. The fourth-order valence-electron chi connectivity index (χ4n) is 3.91. The van der Waals surface area contributed by atoms with Crippen molar-refractivity contribution in [3.05, 3.63) is 24.8 Å². The Labute approximate surface area is 189 Å². The third-order valence-corrected chi connectivity index (χ3v) is 5.64. The highest BCUT2D eigenvalue weighted by atomic mass is 16.6. The van der Waals surface area contributed by atoms with E-state index in [-0.39, 0.29) is 13.0 Å². The van der Waals surface area contributed by atoms with Crippen molar-refractivity contribution in [1.29, 1.82) is 0 Å². The summed E-state index contributed by atoms with van der Waals surface area (Å²) < 4.78 is 22.4. The largest absolute Gasteiger partial charge is 0.463 e. The molecule has 0 amide bonds. The molecule has 0 unspecified atom stereocenters. The third-order valence-electron chi connectivity index (χ3n) is 5.64. The summed E-state index contributed by atoms with van der Waals surface area (Å²) in [6.45, 7) is 8.83. The van der Waals surface area contributed by atoms with Gasteiger partial charge in [-0.3, -0.25) is 9.59 Å². The molecule has 2 rings (SSSR count). The maximum atomic E-state index is 12.4. The minimum atomic E-state index is -1.46. The molecule has 1 saturated heterocycles. The van der Waals surface area contributed by atoms with Crippen LogP contribution in [-0.2, 0) is 28.5 Å². The average Bonchev–Trinajstić information content (AvgIpc) is 3.03. The maximum absolute atomic E-state index is 12.4. The highest BCUT2D eigenvalue weighted by Gasteiger charge is 2.52. The van der Waals surface area contributed by atoms with E-state index in [1.54, 1.807) is 19.1 Å². The number of hydrogen-bond acceptors (Lipinski definition) is 9. The molecule has 2 aliphatic heterocycles.